The lowest BCUT2D eigenvalue weighted by molar-refractivity contribution is 0.102. The summed E-state index contributed by atoms with van der Waals surface area (Å²) < 4.78 is 27.0. The summed E-state index contributed by atoms with van der Waals surface area (Å²) in [5.41, 5.74) is 0.616. The van der Waals surface area contributed by atoms with Crippen LogP contribution in [0.3, 0.4) is 0 Å². The van der Waals surface area contributed by atoms with Crippen LogP contribution in [-0.2, 0) is 10.0 Å². The van der Waals surface area contributed by atoms with Gasteiger partial charge in [-0.2, -0.15) is 4.31 Å². The van der Waals surface area contributed by atoms with E-state index in [1.54, 1.807) is 35.8 Å². The molecule has 1 fully saturated rings. The zero-order valence-corrected chi connectivity index (χ0v) is 18.8. The molecule has 1 aliphatic heterocycles. The zero-order chi connectivity index (χ0) is 22.6. The van der Waals surface area contributed by atoms with Crippen molar-refractivity contribution in [1.29, 1.82) is 0 Å². The topological polar surface area (TPSA) is 108 Å². The predicted octanol–water partition coefficient (Wildman–Crippen LogP) is 3.82. The monoisotopic (exact) mass is 470 g/mol. The largest absolute Gasteiger partial charge is 0.313 e. The van der Waals surface area contributed by atoms with Gasteiger partial charge in [0, 0.05) is 24.8 Å². The van der Waals surface area contributed by atoms with Crippen LogP contribution in [0.4, 0.5) is 10.8 Å². The number of piperidine rings is 1. The fourth-order valence-corrected chi connectivity index (χ4v) is 5.71. The van der Waals surface area contributed by atoms with Crippen molar-refractivity contribution in [2.45, 2.75) is 24.2 Å². The molecule has 0 bridgehead atoms. The van der Waals surface area contributed by atoms with E-state index in [0.717, 1.165) is 19.3 Å². The third-order valence-electron chi connectivity index (χ3n) is 5.11. The van der Waals surface area contributed by atoms with E-state index in [0.29, 0.717) is 35.0 Å². The third-order valence-corrected chi connectivity index (χ3v) is 7.86. The maximum Gasteiger partial charge on any atom is 0.259 e. The molecule has 3 heterocycles. The van der Waals surface area contributed by atoms with Crippen LogP contribution in [0.1, 0.15) is 40.0 Å². The Hall–Kier alpha value is -3.08. The Morgan fingerprint density at radius 3 is 2.34 bits per heavy atom. The van der Waals surface area contributed by atoms with Crippen molar-refractivity contribution in [3.63, 3.8) is 0 Å². The second kappa shape index (κ2) is 9.60. The van der Waals surface area contributed by atoms with Crippen molar-refractivity contribution in [3.05, 3.63) is 71.2 Å². The number of carbonyl (C=O) groups is 2. The summed E-state index contributed by atoms with van der Waals surface area (Å²) >= 11 is 1.22. The lowest BCUT2D eigenvalue weighted by atomic mass is 10.2. The van der Waals surface area contributed by atoms with E-state index >= 15 is 0 Å². The van der Waals surface area contributed by atoms with E-state index in [1.807, 2.05) is 0 Å². The summed E-state index contributed by atoms with van der Waals surface area (Å²) in [6.45, 7) is 1.04. The highest BCUT2D eigenvalue weighted by atomic mass is 32.2. The molecule has 1 saturated heterocycles. The first-order chi connectivity index (χ1) is 15.4. The second-order valence-electron chi connectivity index (χ2n) is 7.28. The quantitative estimate of drug-likeness (QED) is 0.569. The van der Waals surface area contributed by atoms with E-state index in [2.05, 4.69) is 15.6 Å². The molecule has 2 amide bonds. The summed E-state index contributed by atoms with van der Waals surface area (Å²) in [5, 5.41) is 7.52. The first-order valence-corrected chi connectivity index (χ1v) is 12.5. The van der Waals surface area contributed by atoms with Crippen LogP contribution in [0.15, 0.2) is 65.0 Å². The maximum atomic E-state index is 12.8. The number of sulfonamides is 1. The molecule has 0 saturated carbocycles. The van der Waals surface area contributed by atoms with Gasteiger partial charge in [0.05, 0.1) is 10.5 Å². The first-order valence-electron chi connectivity index (χ1n) is 10.2. The van der Waals surface area contributed by atoms with Crippen LogP contribution in [0.2, 0.25) is 0 Å². The van der Waals surface area contributed by atoms with E-state index in [-0.39, 0.29) is 10.8 Å². The van der Waals surface area contributed by atoms with Gasteiger partial charge in [-0.05, 0) is 60.7 Å². The predicted molar refractivity (Wildman–Crippen MR) is 124 cm³/mol. The summed E-state index contributed by atoms with van der Waals surface area (Å²) in [5.74, 6) is -0.407. The number of aromatic nitrogens is 1. The van der Waals surface area contributed by atoms with Crippen molar-refractivity contribution < 1.29 is 18.0 Å². The normalized spacial score (nSPS) is 14.6. The number of benzene rings is 1. The molecule has 0 atom stereocenters. The number of anilines is 2. The number of carbonyl (C=O) groups excluding carboxylic acids is 2. The second-order valence-corrected chi connectivity index (χ2v) is 10.1. The molecule has 2 N–H and O–H groups in total. The number of nitrogens with one attached hydrogen (secondary N) is 2. The fraction of sp³-hybridized carbons (Fsp3) is 0.227. The molecule has 4 rings (SSSR count). The Labute approximate surface area is 190 Å². The van der Waals surface area contributed by atoms with Gasteiger partial charge in [-0.15, -0.1) is 11.3 Å². The molecule has 0 aliphatic carbocycles. The number of hydrogen-bond acceptors (Lipinski definition) is 6. The van der Waals surface area contributed by atoms with E-state index in [4.69, 9.17) is 0 Å². The molecule has 2 aromatic heterocycles. The highest BCUT2D eigenvalue weighted by molar-refractivity contribution is 7.89. The molecule has 32 heavy (non-hydrogen) atoms. The summed E-state index contributed by atoms with van der Waals surface area (Å²) in [6, 6.07) is 12.6. The Morgan fingerprint density at radius 1 is 0.906 bits per heavy atom. The summed E-state index contributed by atoms with van der Waals surface area (Å²) in [7, 11) is -3.56. The molecule has 166 valence electrons. The van der Waals surface area contributed by atoms with Crippen LogP contribution in [0.25, 0.3) is 0 Å². The molecule has 0 unspecified atom stereocenters. The minimum atomic E-state index is -3.56. The molecule has 1 aromatic carbocycles. The summed E-state index contributed by atoms with van der Waals surface area (Å²) in [4.78, 5) is 29.5. The number of amides is 2. The number of pyridine rings is 1. The van der Waals surface area contributed by atoms with Crippen molar-refractivity contribution in [1.82, 2.24) is 9.29 Å². The molecule has 0 spiro atoms. The van der Waals surface area contributed by atoms with E-state index < -0.39 is 15.9 Å². The van der Waals surface area contributed by atoms with Gasteiger partial charge in [0.15, 0.2) is 0 Å². The van der Waals surface area contributed by atoms with Crippen molar-refractivity contribution in [2.75, 3.05) is 23.7 Å². The maximum absolute atomic E-state index is 12.8. The van der Waals surface area contributed by atoms with Crippen LogP contribution in [0, 0.1) is 0 Å². The average molecular weight is 471 g/mol. The van der Waals surface area contributed by atoms with Crippen molar-refractivity contribution in [3.8, 4) is 0 Å². The Balaban J connectivity index is 1.45. The number of nitrogens with zero attached hydrogens (tertiary/aromatic N) is 2. The Morgan fingerprint density at radius 2 is 1.66 bits per heavy atom. The van der Waals surface area contributed by atoms with Gasteiger partial charge in [0.25, 0.3) is 11.8 Å². The van der Waals surface area contributed by atoms with Gasteiger partial charge in [0.1, 0.15) is 10.8 Å². The van der Waals surface area contributed by atoms with Gasteiger partial charge in [-0.3, -0.25) is 9.59 Å². The highest BCUT2D eigenvalue weighted by Crippen LogP contribution is 2.26. The van der Waals surface area contributed by atoms with E-state index in [9.17, 15) is 18.0 Å². The lowest BCUT2D eigenvalue weighted by Crippen LogP contribution is -2.35. The van der Waals surface area contributed by atoms with Crippen LogP contribution >= 0.6 is 11.3 Å². The van der Waals surface area contributed by atoms with E-state index in [1.165, 1.54) is 39.9 Å². The Bertz CT molecular complexity index is 1200. The molecular formula is C22H22N4O4S2. The average Bonchev–Trinajstić information content (AvgIpc) is 3.28. The smallest absolute Gasteiger partial charge is 0.259 e. The van der Waals surface area contributed by atoms with Crippen molar-refractivity contribution in [2.24, 2.45) is 0 Å². The standard InChI is InChI=1S/C22H22N4O4S2/c27-20(16-7-9-17(10-8-16)32(29,30)26-13-4-1-5-14-26)25-22-18(11-15-31-22)21(28)24-19-6-2-3-12-23-19/h2-3,6-12,15H,1,4-5,13-14H2,(H,25,27)(H,23,24,28). The number of rotatable bonds is 6. The van der Waals surface area contributed by atoms with Gasteiger partial charge in [-0.1, -0.05) is 12.5 Å². The van der Waals surface area contributed by atoms with Crippen LogP contribution < -0.4 is 10.6 Å². The number of thiophene rings is 1. The molecule has 8 nitrogen and oxygen atoms in total. The molecule has 3 aromatic rings. The summed E-state index contributed by atoms with van der Waals surface area (Å²) in [6.07, 6.45) is 4.32. The highest BCUT2D eigenvalue weighted by Gasteiger charge is 2.26. The number of hydrogen-bond donors (Lipinski definition) is 2. The Kier molecular flexibility index (Phi) is 6.63. The van der Waals surface area contributed by atoms with Gasteiger partial charge in [0.2, 0.25) is 10.0 Å². The van der Waals surface area contributed by atoms with Gasteiger partial charge in [-0.25, -0.2) is 13.4 Å². The molecule has 10 heteroatoms. The SMILES string of the molecule is O=C(Nc1sccc1C(=O)Nc1ccccn1)c1ccc(S(=O)(=O)N2CCCCC2)cc1. The van der Waals surface area contributed by atoms with Gasteiger partial charge < -0.3 is 10.6 Å². The minimum absolute atomic E-state index is 0.169. The minimum Gasteiger partial charge on any atom is -0.313 e. The molecular weight excluding hydrogens is 448 g/mol. The third kappa shape index (κ3) is 4.87. The molecule has 0 radical (unpaired) electrons. The fourth-order valence-electron chi connectivity index (χ4n) is 3.41. The molecule has 1 aliphatic rings. The van der Waals surface area contributed by atoms with Gasteiger partial charge >= 0.3 is 0 Å². The first kappa shape index (κ1) is 22.1. The zero-order valence-electron chi connectivity index (χ0n) is 17.2. The van der Waals surface area contributed by atoms with Crippen LogP contribution in [0.5, 0.6) is 0 Å². The lowest BCUT2D eigenvalue weighted by Gasteiger charge is -2.25. The van der Waals surface area contributed by atoms with Crippen LogP contribution in [-0.4, -0.2) is 42.6 Å². The van der Waals surface area contributed by atoms with Crippen molar-refractivity contribution >= 4 is 44.0 Å².